The predicted octanol–water partition coefficient (Wildman–Crippen LogP) is 3.27. The van der Waals surface area contributed by atoms with Crippen molar-refractivity contribution in [3.63, 3.8) is 0 Å². The van der Waals surface area contributed by atoms with E-state index in [4.69, 9.17) is 0 Å². The van der Waals surface area contributed by atoms with Crippen LogP contribution in [0.5, 0.6) is 0 Å². The number of pyridine rings is 2. The van der Waals surface area contributed by atoms with E-state index in [0.29, 0.717) is 0 Å². The highest BCUT2D eigenvalue weighted by Gasteiger charge is 2.12. The molecule has 2 rings (SSSR count). The van der Waals surface area contributed by atoms with Gasteiger partial charge in [-0.1, -0.05) is 6.92 Å². The van der Waals surface area contributed by atoms with Crippen LogP contribution in [0.2, 0.25) is 0 Å². The molecule has 0 aliphatic carbocycles. The van der Waals surface area contributed by atoms with E-state index < -0.39 is 0 Å². The van der Waals surface area contributed by atoms with Crippen molar-refractivity contribution in [2.75, 3.05) is 6.54 Å². The van der Waals surface area contributed by atoms with Gasteiger partial charge in [-0.25, -0.2) is 4.39 Å². The van der Waals surface area contributed by atoms with E-state index in [1.807, 2.05) is 19.2 Å². The lowest BCUT2D eigenvalue weighted by Gasteiger charge is -2.18. The lowest BCUT2D eigenvalue weighted by atomic mass is 10.0. The molecule has 1 unspecified atom stereocenters. The quantitative estimate of drug-likeness (QED) is 0.917. The lowest BCUT2D eigenvalue weighted by molar-refractivity contribution is 0.538. The van der Waals surface area contributed by atoms with Crippen LogP contribution in [0.15, 0.2) is 41.4 Å². The first kappa shape index (κ1) is 14.1. The minimum Gasteiger partial charge on any atom is -0.310 e. The number of aromatic nitrogens is 2. The van der Waals surface area contributed by atoms with Crippen molar-refractivity contribution in [3.05, 3.63) is 58.3 Å². The molecular formula is C14H15BrFN3. The van der Waals surface area contributed by atoms with Crippen molar-refractivity contribution in [1.82, 2.24) is 15.3 Å². The Morgan fingerprint density at radius 3 is 2.68 bits per heavy atom. The van der Waals surface area contributed by atoms with Crippen LogP contribution in [0, 0.1) is 5.82 Å². The number of nitrogens with one attached hydrogen (secondary N) is 1. The fraction of sp³-hybridized carbons (Fsp3) is 0.286. The van der Waals surface area contributed by atoms with Crippen LogP contribution in [-0.4, -0.2) is 16.5 Å². The van der Waals surface area contributed by atoms with Gasteiger partial charge >= 0.3 is 0 Å². The zero-order valence-electron chi connectivity index (χ0n) is 10.6. The largest absolute Gasteiger partial charge is 0.310 e. The van der Waals surface area contributed by atoms with Crippen LogP contribution in [0.4, 0.5) is 4.39 Å². The monoisotopic (exact) mass is 323 g/mol. The Labute approximate surface area is 120 Å². The molecule has 3 nitrogen and oxygen atoms in total. The van der Waals surface area contributed by atoms with Crippen LogP contribution >= 0.6 is 15.9 Å². The molecule has 1 N–H and O–H groups in total. The zero-order chi connectivity index (χ0) is 13.7. The normalized spacial score (nSPS) is 12.4. The summed E-state index contributed by atoms with van der Waals surface area (Å²) in [5.41, 5.74) is 1.94. The summed E-state index contributed by atoms with van der Waals surface area (Å²) in [5.74, 6) is -0.312. The van der Waals surface area contributed by atoms with Crippen molar-refractivity contribution < 1.29 is 4.39 Å². The highest BCUT2D eigenvalue weighted by atomic mass is 79.9. The Morgan fingerprint density at radius 2 is 2.00 bits per heavy atom. The third kappa shape index (κ3) is 4.08. The van der Waals surface area contributed by atoms with E-state index in [-0.39, 0.29) is 11.9 Å². The zero-order valence-corrected chi connectivity index (χ0v) is 12.2. The Morgan fingerprint density at radius 1 is 1.21 bits per heavy atom. The number of hydrogen-bond acceptors (Lipinski definition) is 3. The smallest absolute Gasteiger partial charge is 0.141 e. The molecule has 0 radical (unpaired) electrons. The van der Waals surface area contributed by atoms with Crippen LogP contribution in [0.25, 0.3) is 0 Å². The minimum atomic E-state index is -0.312. The molecule has 0 aliphatic rings. The summed E-state index contributed by atoms with van der Waals surface area (Å²) in [7, 11) is 0. The molecule has 0 aliphatic heterocycles. The van der Waals surface area contributed by atoms with Crippen LogP contribution in [-0.2, 0) is 6.42 Å². The van der Waals surface area contributed by atoms with E-state index >= 15 is 0 Å². The van der Waals surface area contributed by atoms with Crippen molar-refractivity contribution in [2.24, 2.45) is 0 Å². The lowest BCUT2D eigenvalue weighted by Crippen LogP contribution is -2.23. The van der Waals surface area contributed by atoms with Crippen LogP contribution in [0.3, 0.4) is 0 Å². The third-order valence-electron chi connectivity index (χ3n) is 2.78. The summed E-state index contributed by atoms with van der Waals surface area (Å²) in [6.45, 7) is 2.83. The standard InChI is InChI=1S/C14H15BrFN3/c1-2-19-14(11-5-13(16)9-18-7-11)4-10-3-12(15)8-17-6-10/h3,5-9,14,19H,2,4H2,1H3. The van der Waals surface area contributed by atoms with E-state index in [2.05, 4.69) is 31.2 Å². The number of likely N-dealkylation sites (N-methyl/N-ethyl adjacent to an activating group) is 1. The molecule has 5 heteroatoms. The Balaban J connectivity index is 2.21. The minimum absolute atomic E-state index is 0.0318. The van der Waals surface area contributed by atoms with E-state index in [1.165, 1.54) is 12.3 Å². The molecule has 1 atom stereocenters. The first-order chi connectivity index (χ1) is 9.19. The van der Waals surface area contributed by atoms with Gasteiger partial charge in [0.05, 0.1) is 6.20 Å². The molecule has 0 amide bonds. The van der Waals surface area contributed by atoms with Gasteiger partial charge in [0.25, 0.3) is 0 Å². The van der Waals surface area contributed by atoms with Gasteiger partial charge < -0.3 is 5.32 Å². The number of halogens is 2. The molecule has 0 spiro atoms. The van der Waals surface area contributed by atoms with Gasteiger partial charge in [-0.3, -0.25) is 9.97 Å². The molecule has 2 aromatic rings. The SMILES string of the molecule is CCNC(Cc1cncc(Br)c1)c1cncc(F)c1. The van der Waals surface area contributed by atoms with Crippen molar-refractivity contribution in [2.45, 2.75) is 19.4 Å². The highest BCUT2D eigenvalue weighted by Crippen LogP contribution is 2.20. The Kier molecular flexibility index (Phi) is 4.99. The molecule has 0 fully saturated rings. The Hall–Kier alpha value is -1.33. The summed E-state index contributed by atoms with van der Waals surface area (Å²) in [4.78, 5) is 8.05. The second kappa shape index (κ2) is 6.73. The average Bonchev–Trinajstić information content (AvgIpc) is 2.38. The maximum atomic E-state index is 13.3. The maximum absolute atomic E-state index is 13.3. The molecule has 0 aromatic carbocycles. The van der Waals surface area contributed by atoms with Crippen molar-refractivity contribution in [1.29, 1.82) is 0 Å². The third-order valence-corrected chi connectivity index (χ3v) is 3.21. The molecule has 100 valence electrons. The summed E-state index contributed by atoms with van der Waals surface area (Å²) in [5, 5.41) is 3.34. The molecule has 2 aromatic heterocycles. The highest BCUT2D eigenvalue weighted by molar-refractivity contribution is 9.10. The van der Waals surface area contributed by atoms with Crippen LogP contribution < -0.4 is 5.32 Å². The average molecular weight is 324 g/mol. The topological polar surface area (TPSA) is 37.8 Å². The summed E-state index contributed by atoms with van der Waals surface area (Å²) < 4.78 is 14.2. The van der Waals surface area contributed by atoms with Gasteiger partial charge in [-0.05, 0) is 52.2 Å². The first-order valence-corrected chi connectivity index (χ1v) is 6.91. The van der Waals surface area contributed by atoms with Crippen molar-refractivity contribution >= 4 is 15.9 Å². The number of nitrogens with zero attached hydrogens (tertiary/aromatic N) is 2. The fourth-order valence-corrected chi connectivity index (χ4v) is 2.39. The molecule has 0 saturated carbocycles. The second-order valence-corrected chi connectivity index (χ2v) is 5.18. The molecule has 0 bridgehead atoms. The van der Waals surface area contributed by atoms with Gasteiger partial charge in [0.15, 0.2) is 0 Å². The fourth-order valence-electron chi connectivity index (χ4n) is 1.98. The van der Waals surface area contributed by atoms with E-state index in [0.717, 1.165) is 28.6 Å². The Bertz CT molecular complexity index is 548. The molecule has 19 heavy (non-hydrogen) atoms. The van der Waals surface area contributed by atoms with Gasteiger partial charge in [0.2, 0.25) is 0 Å². The summed E-state index contributed by atoms with van der Waals surface area (Å²) in [6.07, 6.45) is 7.22. The van der Waals surface area contributed by atoms with Crippen molar-refractivity contribution in [3.8, 4) is 0 Å². The van der Waals surface area contributed by atoms with Crippen LogP contribution in [0.1, 0.15) is 24.1 Å². The molecule has 0 saturated heterocycles. The molecular weight excluding hydrogens is 309 g/mol. The predicted molar refractivity (Wildman–Crippen MR) is 76.3 cm³/mol. The summed E-state index contributed by atoms with van der Waals surface area (Å²) >= 11 is 3.40. The number of hydrogen-bond donors (Lipinski definition) is 1. The van der Waals surface area contributed by atoms with E-state index in [1.54, 1.807) is 12.4 Å². The van der Waals surface area contributed by atoms with Gasteiger partial charge in [0, 0.05) is 29.1 Å². The second-order valence-electron chi connectivity index (χ2n) is 4.26. The summed E-state index contributed by atoms with van der Waals surface area (Å²) in [6, 6.07) is 3.57. The molecule has 2 heterocycles. The van der Waals surface area contributed by atoms with Gasteiger partial charge in [0.1, 0.15) is 5.82 Å². The van der Waals surface area contributed by atoms with Gasteiger partial charge in [-0.15, -0.1) is 0 Å². The first-order valence-electron chi connectivity index (χ1n) is 6.12. The van der Waals surface area contributed by atoms with Gasteiger partial charge in [-0.2, -0.15) is 0 Å². The van der Waals surface area contributed by atoms with E-state index in [9.17, 15) is 4.39 Å². The maximum Gasteiger partial charge on any atom is 0.141 e. The number of rotatable bonds is 5.